The zero-order valence-electron chi connectivity index (χ0n) is 8.08. The molecular weight excluding hydrogens is 200 g/mol. The van der Waals surface area contributed by atoms with Gasteiger partial charge in [-0.3, -0.25) is 9.59 Å². The third-order valence-electron chi connectivity index (χ3n) is 2.41. The molecule has 0 aromatic heterocycles. The number of carbonyl (C=O) groups excluding carboxylic acids is 3. The van der Waals surface area contributed by atoms with E-state index >= 15 is 0 Å². The number of nitrogens with one attached hydrogen (secondary N) is 3. The SMILES string of the molecule is O=C(CN1CCNC1=O)NC1CNC1=O. The Bertz CT molecular complexity index is 317. The van der Waals surface area contributed by atoms with Crippen LogP contribution in [0.3, 0.4) is 0 Å². The van der Waals surface area contributed by atoms with E-state index in [2.05, 4.69) is 16.0 Å². The smallest absolute Gasteiger partial charge is 0.317 e. The fourth-order valence-electron chi connectivity index (χ4n) is 1.48. The molecule has 2 saturated heterocycles. The van der Waals surface area contributed by atoms with Gasteiger partial charge in [0.15, 0.2) is 0 Å². The van der Waals surface area contributed by atoms with Crippen molar-refractivity contribution in [2.75, 3.05) is 26.2 Å². The largest absolute Gasteiger partial charge is 0.352 e. The first-order valence-corrected chi connectivity index (χ1v) is 4.76. The summed E-state index contributed by atoms with van der Waals surface area (Å²) in [6.07, 6.45) is 0. The summed E-state index contributed by atoms with van der Waals surface area (Å²) in [6, 6.07) is -0.661. The second-order valence-electron chi connectivity index (χ2n) is 3.52. The van der Waals surface area contributed by atoms with Crippen molar-refractivity contribution in [1.29, 1.82) is 0 Å². The Kier molecular flexibility index (Phi) is 2.44. The van der Waals surface area contributed by atoms with E-state index in [-0.39, 0.29) is 24.4 Å². The molecule has 0 aromatic carbocycles. The van der Waals surface area contributed by atoms with Crippen LogP contribution in [-0.4, -0.2) is 55.0 Å². The van der Waals surface area contributed by atoms with Crippen LogP contribution < -0.4 is 16.0 Å². The molecule has 0 radical (unpaired) electrons. The highest BCUT2D eigenvalue weighted by molar-refractivity contribution is 5.93. The number of urea groups is 1. The first kappa shape index (κ1) is 9.75. The fourth-order valence-corrected chi connectivity index (χ4v) is 1.48. The molecule has 0 aromatic rings. The minimum absolute atomic E-state index is 0.00954. The topological polar surface area (TPSA) is 90.5 Å². The lowest BCUT2D eigenvalue weighted by Gasteiger charge is -2.27. The summed E-state index contributed by atoms with van der Waals surface area (Å²) < 4.78 is 0. The van der Waals surface area contributed by atoms with Crippen LogP contribution in [0.2, 0.25) is 0 Å². The molecule has 2 aliphatic rings. The van der Waals surface area contributed by atoms with Gasteiger partial charge in [0, 0.05) is 19.6 Å². The van der Waals surface area contributed by atoms with Crippen molar-refractivity contribution in [3.63, 3.8) is 0 Å². The van der Waals surface area contributed by atoms with E-state index in [1.54, 1.807) is 0 Å². The van der Waals surface area contributed by atoms with E-state index in [0.717, 1.165) is 0 Å². The van der Waals surface area contributed by atoms with Gasteiger partial charge in [-0.2, -0.15) is 0 Å². The van der Waals surface area contributed by atoms with Crippen molar-refractivity contribution < 1.29 is 14.4 Å². The molecule has 7 heteroatoms. The van der Waals surface area contributed by atoms with Crippen LogP contribution in [0.5, 0.6) is 0 Å². The van der Waals surface area contributed by atoms with Gasteiger partial charge in [-0.1, -0.05) is 0 Å². The van der Waals surface area contributed by atoms with Crippen LogP contribution >= 0.6 is 0 Å². The number of amides is 4. The van der Waals surface area contributed by atoms with Crippen molar-refractivity contribution in [1.82, 2.24) is 20.9 Å². The molecule has 4 amide bonds. The molecule has 0 spiro atoms. The molecule has 2 fully saturated rings. The Morgan fingerprint density at radius 3 is 2.73 bits per heavy atom. The quantitative estimate of drug-likeness (QED) is 0.456. The first-order valence-electron chi connectivity index (χ1n) is 4.76. The molecule has 15 heavy (non-hydrogen) atoms. The summed E-state index contributed by atoms with van der Waals surface area (Å²) in [5.74, 6) is -0.471. The molecule has 1 atom stereocenters. The van der Waals surface area contributed by atoms with E-state index in [4.69, 9.17) is 0 Å². The Balaban J connectivity index is 1.76. The molecule has 0 bridgehead atoms. The molecule has 82 valence electrons. The number of hydrogen-bond acceptors (Lipinski definition) is 3. The number of hydrogen-bond donors (Lipinski definition) is 3. The predicted octanol–water partition coefficient (Wildman–Crippen LogP) is -2.37. The maximum atomic E-state index is 11.4. The van der Waals surface area contributed by atoms with Gasteiger partial charge in [0.05, 0.1) is 0 Å². The van der Waals surface area contributed by atoms with Crippen molar-refractivity contribution in [2.24, 2.45) is 0 Å². The van der Waals surface area contributed by atoms with Gasteiger partial charge in [-0.25, -0.2) is 4.79 Å². The van der Waals surface area contributed by atoms with Crippen molar-refractivity contribution in [3.8, 4) is 0 Å². The van der Waals surface area contributed by atoms with Gasteiger partial charge in [0.25, 0.3) is 0 Å². The van der Waals surface area contributed by atoms with Crippen LogP contribution in [-0.2, 0) is 9.59 Å². The second-order valence-corrected chi connectivity index (χ2v) is 3.52. The number of nitrogens with zero attached hydrogens (tertiary/aromatic N) is 1. The summed E-state index contributed by atoms with van der Waals surface area (Å²) >= 11 is 0. The summed E-state index contributed by atoms with van der Waals surface area (Å²) in [7, 11) is 0. The van der Waals surface area contributed by atoms with Crippen LogP contribution in [0, 0.1) is 0 Å². The van der Waals surface area contributed by atoms with Crippen molar-refractivity contribution >= 4 is 17.8 Å². The van der Waals surface area contributed by atoms with Crippen LogP contribution in [0.4, 0.5) is 4.79 Å². The standard InChI is InChI=1S/C8H12N4O3/c13-6(11-5-3-10-7(5)14)4-12-2-1-9-8(12)15/h5H,1-4H2,(H,9,15)(H,10,14)(H,11,13). The molecule has 2 rings (SSSR count). The Morgan fingerprint density at radius 1 is 1.47 bits per heavy atom. The lowest BCUT2D eigenvalue weighted by molar-refractivity contribution is -0.133. The van der Waals surface area contributed by atoms with Gasteiger partial charge < -0.3 is 20.9 Å². The number of β-lactam (4-membered cyclic amide) rings is 1. The third-order valence-corrected chi connectivity index (χ3v) is 2.41. The summed E-state index contributed by atoms with van der Waals surface area (Å²) in [6.45, 7) is 1.57. The molecule has 0 aliphatic carbocycles. The lowest BCUT2D eigenvalue weighted by Crippen LogP contribution is -2.62. The van der Waals surface area contributed by atoms with Gasteiger partial charge >= 0.3 is 6.03 Å². The van der Waals surface area contributed by atoms with E-state index < -0.39 is 6.04 Å². The van der Waals surface area contributed by atoms with Crippen molar-refractivity contribution in [2.45, 2.75) is 6.04 Å². The maximum Gasteiger partial charge on any atom is 0.317 e. The summed E-state index contributed by atoms with van der Waals surface area (Å²) in [5, 5.41) is 7.65. The normalized spacial score (nSPS) is 24.3. The second kappa shape index (κ2) is 3.76. The molecular formula is C8H12N4O3. The van der Waals surface area contributed by atoms with Crippen LogP contribution in [0.25, 0.3) is 0 Å². The van der Waals surface area contributed by atoms with Crippen LogP contribution in [0.15, 0.2) is 0 Å². The van der Waals surface area contributed by atoms with Gasteiger partial charge in [0.1, 0.15) is 12.6 Å². The lowest BCUT2D eigenvalue weighted by atomic mass is 10.1. The Labute approximate surface area is 86.2 Å². The van der Waals surface area contributed by atoms with Gasteiger partial charge in [-0.15, -0.1) is 0 Å². The molecule has 2 heterocycles. The number of rotatable bonds is 3. The first-order chi connectivity index (χ1) is 7.16. The average Bonchev–Trinajstić information content (AvgIpc) is 2.59. The predicted molar refractivity (Wildman–Crippen MR) is 49.9 cm³/mol. The zero-order chi connectivity index (χ0) is 10.8. The Morgan fingerprint density at radius 2 is 2.27 bits per heavy atom. The van der Waals surface area contributed by atoms with E-state index in [0.29, 0.717) is 19.6 Å². The fraction of sp³-hybridized carbons (Fsp3) is 0.625. The van der Waals surface area contributed by atoms with E-state index in [9.17, 15) is 14.4 Å². The van der Waals surface area contributed by atoms with E-state index in [1.165, 1.54) is 4.90 Å². The average molecular weight is 212 g/mol. The minimum atomic E-state index is -0.428. The van der Waals surface area contributed by atoms with Crippen molar-refractivity contribution in [3.05, 3.63) is 0 Å². The molecule has 3 N–H and O–H groups in total. The summed E-state index contributed by atoms with van der Waals surface area (Å²) in [4.78, 5) is 34.7. The molecule has 2 aliphatic heterocycles. The van der Waals surface area contributed by atoms with Gasteiger partial charge in [0.2, 0.25) is 11.8 Å². The minimum Gasteiger partial charge on any atom is -0.352 e. The molecule has 7 nitrogen and oxygen atoms in total. The number of carbonyl (C=O) groups is 3. The Hall–Kier alpha value is -1.79. The highest BCUT2D eigenvalue weighted by Crippen LogP contribution is 1.97. The monoisotopic (exact) mass is 212 g/mol. The van der Waals surface area contributed by atoms with E-state index in [1.807, 2.05) is 0 Å². The maximum absolute atomic E-state index is 11.4. The summed E-state index contributed by atoms with van der Waals surface area (Å²) in [5.41, 5.74) is 0. The highest BCUT2D eigenvalue weighted by Gasteiger charge is 2.30. The van der Waals surface area contributed by atoms with Crippen LogP contribution in [0.1, 0.15) is 0 Å². The highest BCUT2D eigenvalue weighted by atomic mass is 16.2. The molecule has 0 saturated carbocycles. The molecule has 1 unspecified atom stereocenters. The van der Waals surface area contributed by atoms with Gasteiger partial charge in [-0.05, 0) is 0 Å². The third kappa shape index (κ3) is 2.00. The zero-order valence-corrected chi connectivity index (χ0v) is 8.08.